The first-order valence-electron chi connectivity index (χ1n) is 13.1. The molecule has 6 nitrogen and oxygen atoms in total. The molecule has 0 spiro atoms. The Morgan fingerprint density at radius 3 is 2.54 bits per heavy atom. The lowest BCUT2D eigenvalue weighted by atomic mass is 9.85. The van der Waals surface area contributed by atoms with Crippen LogP contribution in [0, 0.1) is 11.3 Å². The second-order valence-electron chi connectivity index (χ2n) is 11.2. The van der Waals surface area contributed by atoms with Gasteiger partial charge >= 0.3 is 0 Å². The van der Waals surface area contributed by atoms with Crippen molar-refractivity contribution in [2.75, 3.05) is 13.1 Å². The number of amides is 2. The summed E-state index contributed by atoms with van der Waals surface area (Å²) >= 11 is 0. The van der Waals surface area contributed by atoms with Crippen molar-refractivity contribution in [1.82, 2.24) is 10.2 Å². The van der Waals surface area contributed by atoms with Crippen LogP contribution in [-0.2, 0) is 17.8 Å². The lowest BCUT2D eigenvalue weighted by molar-refractivity contribution is -0.141. The van der Waals surface area contributed by atoms with Gasteiger partial charge in [-0.15, -0.1) is 0 Å². The Morgan fingerprint density at radius 1 is 1.08 bits per heavy atom. The fourth-order valence-electron chi connectivity index (χ4n) is 4.62. The zero-order chi connectivity index (χ0) is 26.6. The van der Waals surface area contributed by atoms with Crippen LogP contribution < -0.4 is 10.1 Å². The van der Waals surface area contributed by atoms with Gasteiger partial charge in [0.05, 0.1) is 6.04 Å². The Hall–Kier alpha value is -3.54. The van der Waals surface area contributed by atoms with Gasteiger partial charge in [-0.25, -0.2) is 0 Å². The average molecular weight is 503 g/mol. The molecule has 0 bridgehead atoms. The van der Waals surface area contributed by atoms with Gasteiger partial charge in [-0.1, -0.05) is 71.0 Å². The van der Waals surface area contributed by atoms with Crippen LogP contribution in [0.15, 0.2) is 65.1 Å². The molecule has 1 aliphatic heterocycles. The molecule has 0 radical (unpaired) electrons. The fraction of sp³-hybridized carbons (Fsp3) is 0.419. The minimum absolute atomic E-state index is 0.133. The van der Waals surface area contributed by atoms with E-state index in [-0.39, 0.29) is 30.2 Å². The number of ether oxygens (including phenoxy) is 1. The first-order valence-corrected chi connectivity index (χ1v) is 13.1. The molecule has 3 aromatic rings. The van der Waals surface area contributed by atoms with Crippen LogP contribution in [0.5, 0.6) is 5.75 Å². The van der Waals surface area contributed by atoms with Crippen molar-refractivity contribution in [1.29, 1.82) is 0 Å². The summed E-state index contributed by atoms with van der Waals surface area (Å²) in [5, 5.41) is 2.89. The molecule has 1 aliphatic rings. The SMILES string of the molecule is CC(C)CCNC(=O)c1ccc(COc2ccc3c(c2)[C@H](c2ccccc2)N(C(=O)C(C)(C)C)CC3)o1. The van der Waals surface area contributed by atoms with E-state index in [0.29, 0.717) is 30.5 Å². The van der Waals surface area contributed by atoms with Crippen LogP contribution in [0.4, 0.5) is 0 Å². The number of benzene rings is 2. The van der Waals surface area contributed by atoms with E-state index in [4.69, 9.17) is 9.15 Å². The molecule has 37 heavy (non-hydrogen) atoms. The zero-order valence-corrected chi connectivity index (χ0v) is 22.5. The number of furan rings is 1. The topological polar surface area (TPSA) is 71.8 Å². The molecule has 2 amide bonds. The maximum Gasteiger partial charge on any atom is 0.286 e. The highest BCUT2D eigenvalue weighted by Gasteiger charge is 2.37. The largest absolute Gasteiger partial charge is 0.486 e. The molecule has 1 aromatic heterocycles. The van der Waals surface area contributed by atoms with Crippen molar-refractivity contribution in [3.05, 3.63) is 88.9 Å². The van der Waals surface area contributed by atoms with Gasteiger partial charge in [0.2, 0.25) is 5.91 Å². The van der Waals surface area contributed by atoms with Crippen LogP contribution in [0.25, 0.3) is 0 Å². The Kier molecular flexibility index (Phi) is 8.06. The second-order valence-corrected chi connectivity index (χ2v) is 11.2. The van der Waals surface area contributed by atoms with Gasteiger partial charge in [-0.05, 0) is 59.7 Å². The summed E-state index contributed by atoms with van der Waals surface area (Å²) in [7, 11) is 0. The number of carbonyl (C=O) groups excluding carboxylic acids is 2. The highest BCUT2D eigenvalue weighted by atomic mass is 16.5. The summed E-state index contributed by atoms with van der Waals surface area (Å²) in [6, 6.07) is 19.5. The minimum atomic E-state index is -0.475. The van der Waals surface area contributed by atoms with Gasteiger partial charge in [-0.3, -0.25) is 9.59 Å². The molecule has 1 atom stereocenters. The minimum Gasteiger partial charge on any atom is -0.486 e. The number of nitrogens with zero attached hydrogens (tertiary/aromatic N) is 1. The van der Waals surface area contributed by atoms with E-state index in [9.17, 15) is 9.59 Å². The Morgan fingerprint density at radius 2 is 1.84 bits per heavy atom. The van der Waals surface area contributed by atoms with E-state index >= 15 is 0 Å². The summed E-state index contributed by atoms with van der Waals surface area (Å²) in [6.07, 6.45) is 1.72. The van der Waals surface area contributed by atoms with Gasteiger partial charge in [-0.2, -0.15) is 0 Å². The van der Waals surface area contributed by atoms with Gasteiger partial charge in [0.15, 0.2) is 5.76 Å². The molecule has 196 valence electrons. The highest BCUT2D eigenvalue weighted by Crippen LogP contribution is 2.39. The first kappa shape index (κ1) is 26.5. The van der Waals surface area contributed by atoms with Crippen LogP contribution >= 0.6 is 0 Å². The van der Waals surface area contributed by atoms with Crippen LogP contribution in [0.1, 0.15) is 80.1 Å². The van der Waals surface area contributed by atoms with E-state index in [2.05, 4.69) is 37.4 Å². The predicted octanol–water partition coefficient (Wildman–Crippen LogP) is 6.15. The number of hydrogen-bond donors (Lipinski definition) is 1. The summed E-state index contributed by atoms with van der Waals surface area (Å²) in [5.41, 5.74) is 2.91. The fourth-order valence-corrected chi connectivity index (χ4v) is 4.62. The first-order chi connectivity index (χ1) is 17.6. The van der Waals surface area contributed by atoms with E-state index in [0.717, 1.165) is 24.0 Å². The third-order valence-corrected chi connectivity index (χ3v) is 6.64. The summed E-state index contributed by atoms with van der Waals surface area (Å²) < 4.78 is 11.8. The molecule has 0 unspecified atom stereocenters. The molecule has 4 rings (SSSR count). The Balaban J connectivity index is 1.52. The number of nitrogens with one attached hydrogen (secondary N) is 1. The van der Waals surface area contributed by atoms with Crippen LogP contribution in [-0.4, -0.2) is 29.8 Å². The smallest absolute Gasteiger partial charge is 0.286 e. The lowest BCUT2D eigenvalue weighted by Gasteiger charge is -2.41. The van der Waals surface area contributed by atoms with Crippen LogP contribution in [0.3, 0.4) is 0 Å². The second kappa shape index (κ2) is 11.2. The molecule has 6 heteroatoms. The molecule has 0 aliphatic carbocycles. The van der Waals surface area contributed by atoms with Gasteiger partial charge in [0.25, 0.3) is 5.91 Å². The van der Waals surface area contributed by atoms with Gasteiger partial charge < -0.3 is 19.4 Å². The molecule has 0 saturated heterocycles. The quantitative estimate of drug-likeness (QED) is 0.401. The molecule has 2 heterocycles. The third-order valence-electron chi connectivity index (χ3n) is 6.64. The molecule has 2 aromatic carbocycles. The maximum atomic E-state index is 13.4. The number of hydrogen-bond acceptors (Lipinski definition) is 4. The van der Waals surface area contributed by atoms with Crippen molar-refractivity contribution in [3.8, 4) is 5.75 Å². The zero-order valence-electron chi connectivity index (χ0n) is 22.5. The van der Waals surface area contributed by atoms with Gasteiger partial charge in [0.1, 0.15) is 18.1 Å². The number of carbonyl (C=O) groups is 2. The maximum absolute atomic E-state index is 13.4. The Bertz CT molecular complexity index is 1220. The molecule has 0 fully saturated rings. The number of rotatable bonds is 8. The summed E-state index contributed by atoms with van der Waals surface area (Å²) in [4.78, 5) is 27.7. The predicted molar refractivity (Wildman–Crippen MR) is 144 cm³/mol. The lowest BCUT2D eigenvalue weighted by Crippen LogP contribution is -2.45. The highest BCUT2D eigenvalue weighted by molar-refractivity contribution is 5.91. The van der Waals surface area contributed by atoms with Crippen molar-refractivity contribution in [3.63, 3.8) is 0 Å². The molecular formula is C31H38N2O4. The van der Waals surface area contributed by atoms with E-state index in [1.807, 2.05) is 56.0 Å². The van der Waals surface area contributed by atoms with Crippen molar-refractivity contribution < 1.29 is 18.7 Å². The Labute approximate surface area is 220 Å². The van der Waals surface area contributed by atoms with Crippen molar-refractivity contribution >= 4 is 11.8 Å². The van der Waals surface area contributed by atoms with Crippen LogP contribution in [0.2, 0.25) is 0 Å². The number of fused-ring (bicyclic) bond motifs is 1. The normalized spacial score (nSPS) is 15.4. The summed E-state index contributed by atoms with van der Waals surface area (Å²) in [6.45, 7) is 11.7. The molecule has 0 saturated carbocycles. The third kappa shape index (κ3) is 6.43. The summed E-state index contributed by atoms with van der Waals surface area (Å²) in [5.74, 6) is 2.01. The van der Waals surface area contributed by atoms with Gasteiger partial charge in [0, 0.05) is 18.5 Å². The average Bonchev–Trinajstić information content (AvgIpc) is 3.35. The van der Waals surface area contributed by atoms with E-state index < -0.39 is 5.41 Å². The van der Waals surface area contributed by atoms with E-state index in [1.54, 1.807) is 12.1 Å². The standard InChI is InChI=1S/C31H38N2O4/c1-21(2)15-17-32-29(34)27-14-13-25(37-27)20-36-24-12-11-22-16-18-33(30(35)31(3,4)5)28(26(22)19-24)23-9-7-6-8-10-23/h6-14,19,21,28H,15-18,20H2,1-5H3,(H,32,34)/t28-/m0/s1. The van der Waals surface area contributed by atoms with E-state index in [1.165, 1.54) is 5.56 Å². The van der Waals surface area contributed by atoms with Crippen molar-refractivity contribution in [2.24, 2.45) is 11.3 Å². The molecule has 1 N–H and O–H groups in total. The van der Waals surface area contributed by atoms with Crippen molar-refractivity contribution in [2.45, 2.75) is 60.1 Å². The molecular weight excluding hydrogens is 464 g/mol. The monoisotopic (exact) mass is 502 g/mol.